The molecular weight excluding hydrogens is 540 g/mol. The quantitative estimate of drug-likeness (QED) is 0.172. The van der Waals surface area contributed by atoms with Gasteiger partial charge in [-0.3, -0.25) is 23.9 Å². The largest absolute Gasteiger partial charge is 0.463 e. The number of nitrogens with zero attached hydrogens (tertiary/aromatic N) is 4. The Morgan fingerprint density at radius 2 is 1.41 bits per heavy atom. The van der Waals surface area contributed by atoms with E-state index >= 15 is 0 Å². The van der Waals surface area contributed by atoms with Crippen LogP contribution in [-0.4, -0.2) is 80.8 Å². The Labute approximate surface area is 238 Å². The van der Waals surface area contributed by atoms with Gasteiger partial charge in [0, 0.05) is 53.2 Å². The third-order valence-electron chi connectivity index (χ3n) is 6.15. The van der Waals surface area contributed by atoms with Gasteiger partial charge >= 0.3 is 23.9 Å². The van der Waals surface area contributed by atoms with E-state index in [4.69, 9.17) is 28.4 Å². The molecule has 3 rings (SSSR count). The van der Waals surface area contributed by atoms with Crippen molar-refractivity contribution in [1.82, 2.24) is 19.6 Å². The number of carbonyl (C=O) groups excluding carboxylic acids is 4. The Morgan fingerprint density at radius 1 is 0.805 bits per heavy atom. The normalized spacial score (nSPS) is 22.1. The molecule has 1 fully saturated rings. The Morgan fingerprint density at radius 3 is 2.05 bits per heavy atom. The minimum Gasteiger partial charge on any atom is -0.463 e. The molecule has 3 unspecified atom stereocenters. The van der Waals surface area contributed by atoms with Gasteiger partial charge in [0.15, 0.2) is 24.6 Å². The lowest BCUT2D eigenvalue weighted by atomic mass is 9.98. The number of aromatic nitrogens is 4. The number of rotatable bonds is 15. The highest BCUT2D eigenvalue weighted by molar-refractivity contribution is 5.68. The van der Waals surface area contributed by atoms with Gasteiger partial charge in [-0.25, -0.2) is 0 Å². The van der Waals surface area contributed by atoms with Crippen LogP contribution in [0.5, 0.6) is 0 Å². The molecule has 14 nitrogen and oxygen atoms in total. The molecule has 0 aliphatic carbocycles. The fourth-order valence-corrected chi connectivity index (χ4v) is 4.45. The number of aryl methyl sites for hydroxylation is 2. The van der Waals surface area contributed by atoms with Gasteiger partial charge < -0.3 is 33.0 Å². The minimum absolute atomic E-state index is 0.0788. The number of hydrogen-bond acceptors (Lipinski definition) is 12. The van der Waals surface area contributed by atoms with Gasteiger partial charge in [-0.15, -0.1) is 5.10 Å². The molecule has 1 aliphatic rings. The molecule has 1 aliphatic heterocycles. The fourth-order valence-electron chi connectivity index (χ4n) is 4.45. The number of hydrogen-bond donors (Lipinski definition) is 0. The van der Waals surface area contributed by atoms with Crippen molar-refractivity contribution in [3.8, 4) is 0 Å². The number of unbranched alkanes of at least 4 members (excludes halogenated alkanes) is 3. The molecular formula is C27H38N4O10. The van der Waals surface area contributed by atoms with Crippen LogP contribution in [0.25, 0.3) is 0 Å². The summed E-state index contributed by atoms with van der Waals surface area (Å²) in [6, 6.07) is 4.03. The lowest BCUT2D eigenvalue weighted by molar-refractivity contribution is -0.310. The number of carbonyl (C=O) groups is 4. The Balaban J connectivity index is 1.62. The van der Waals surface area contributed by atoms with E-state index < -0.39 is 54.6 Å². The zero-order valence-electron chi connectivity index (χ0n) is 23.8. The summed E-state index contributed by atoms with van der Waals surface area (Å²) in [7, 11) is 0. The minimum atomic E-state index is -1.30. The van der Waals surface area contributed by atoms with Crippen LogP contribution >= 0.6 is 0 Å². The van der Waals surface area contributed by atoms with Crippen molar-refractivity contribution in [2.24, 2.45) is 0 Å². The van der Waals surface area contributed by atoms with E-state index in [0.29, 0.717) is 12.2 Å². The summed E-state index contributed by atoms with van der Waals surface area (Å²) in [6.07, 6.45) is 3.84. The van der Waals surface area contributed by atoms with Crippen LogP contribution in [-0.2, 0) is 67.3 Å². The predicted molar refractivity (Wildman–Crippen MR) is 140 cm³/mol. The molecule has 5 atom stereocenters. The van der Waals surface area contributed by atoms with E-state index in [1.54, 1.807) is 10.9 Å². The molecule has 41 heavy (non-hydrogen) atoms. The standard InChI is InChI=1S/C27H38N4O10/c1-18(32)36-17-23-24(38-19(2)33)25(39-20(3)34)26(40-21(4)35)27(41-23)37-16-22-15-31(29-28-22)14-8-6-5-7-11-30-12-9-10-13-30/h9-10,12-13,15,23-27H,5-8,11,14,16-17H2,1-4H3/t23?,24-,25?,26?,27-/m1/s1. The van der Waals surface area contributed by atoms with Gasteiger partial charge in [0.05, 0.1) is 12.8 Å². The second kappa shape index (κ2) is 15.9. The summed E-state index contributed by atoms with van der Waals surface area (Å²) in [5, 5.41) is 8.27. The monoisotopic (exact) mass is 578 g/mol. The maximum absolute atomic E-state index is 11.9. The summed E-state index contributed by atoms with van der Waals surface area (Å²) in [6.45, 7) is 5.96. The van der Waals surface area contributed by atoms with Crippen molar-refractivity contribution in [3.63, 3.8) is 0 Å². The molecule has 0 radical (unpaired) electrons. The molecule has 2 aromatic heterocycles. The number of esters is 4. The van der Waals surface area contributed by atoms with Gasteiger partial charge in [-0.1, -0.05) is 18.1 Å². The highest BCUT2D eigenvalue weighted by atomic mass is 16.7. The topological polar surface area (TPSA) is 159 Å². The molecule has 2 aromatic rings. The summed E-state index contributed by atoms with van der Waals surface area (Å²) < 4.78 is 36.9. The summed E-state index contributed by atoms with van der Waals surface area (Å²) in [5.41, 5.74) is 0.491. The highest BCUT2D eigenvalue weighted by Crippen LogP contribution is 2.30. The third-order valence-corrected chi connectivity index (χ3v) is 6.15. The lowest BCUT2D eigenvalue weighted by Gasteiger charge is -2.43. The molecule has 3 heterocycles. The van der Waals surface area contributed by atoms with Gasteiger partial charge in [-0.05, 0) is 25.0 Å². The molecule has 226 valence electrons. The first kappa shape index (κ1) is 31.7. The SMILES string of the molecule is CC(=O)OCC1O[C@@H](OCc2cn(CCCCCCn3cccc3)nn2)C(OC(C)=O)C(OC(C)=O)[C@@H]1OC(C)=O. The average Bonchev–Trinajstić information content (AvgIpc) is 3.58. The van der Waals surface area contributed by atoms with Crippen LogP contribution in [0, 0.1) is 0 Å². The Kier molecular flexibility index (Phi) is 12.3. The van der Waals surface area contributed by atoms with Gasteiger partial charge in [0.2, 0.25) is 0 Å². The Hall–Kier alpha value is -3.78. The Bertz CT molecular complexity index is 1140. The smallest absolute Gasteiger partial charge is 0.303 e. The molecule has 0 spiro atoms. The second-order valence-corrected chi connectivity index (χ2v) is 9.69. The van der Waals surface area contributed by atoms with Crippen molar-refractivity contribution in [1.29, 1.82) is 0 Å². The van der Waals surface area contributed by atoms with Crippen LogP contribution in [0.4, 0.5) is 0 Å². The molecule has 14 heteroatoms. The molecule has 1 saturated heterocycles. The third kappa shape index (κ3) is 10.6. The van der Waals surface area contributed by atoms with Gasteiger partial charge in [0.1, 0.15) is 18.4 Å². The average molecular weight is 579 g/mol. The van der Waals surface area contributed by atoms with Crippen LogP contribution < -0.4 is 0 Å². The molecule has 0 aromatic carbocycles. The zero-order chi connectivity index (χ0) is 29.8. The maximum Gasteiger partial charge on any atom is 0.303 e. The van der Waals surface area contributed by atoms with Crippen molar-refractivity contribution in [3.05, 3.63) is 36.4 Å². The van der Waals surface area contributed by atoms with E-state index in [9.17, 15) is 19.2 Å². The van der Waals surface area contributed by atoms with Crippen LogP contribution in [0.1, 0.15) is 59.1 Å². The number of ether oxygens (including phenoxy) is 6. The predicted octanol–water partition coefficient (Wildman–Crippen LogP) is 1.94. The highest BCUT2D eigenvalue weighted by Gasteiger charge is 2.52. The van der Waals surface area contributed by atoms with Gasteiger partial charge in [0.25, 0.3) is 0 Å². The van der Waals surface area contributed by atoms with Gasteiger partial charge in [-0.2, -0.15) is 0 Å². The van der Waals surface area contributed by atoms with Crippen molar-refractivity contribution >= 4 is 23.9 Å². The molecule has 0 saturated carbocycles. The van der Waals surface area contributed by atoms with E-state index in [-0.39, 0.29) is 13.2 Å². The van der Waals surface area contributed by atoms with Crippen LogP contribution in [0.2, 0.25) is 0 Å². The van der Waals surface area contributed by atoms with Crippen molar-refractivity contribution in [2.75, 3.05) is 6.61 Å². The fraction of sp³-hybridized carbons (Fsp3) is 0.630. The second-order valence-electron chi connectivity index (χ2n) is 9.69. The van der Waals surface area contributed by atoms with E-state index in [1.165, 1.54) is 13.8 Å². The van der Waals surface area contributed by atoms with Crippen LogP contribution in [0.3, 0.4) is 0 Å². The van der Waals surface area contributed by atoms with E-state index in [2.05, 4.69) is 27.3 Å². The first-order valence-electron chi connectivity index (χ1n) is 13.5. The van der Waals surface area contributed by atoms with E-state index in [0.717, 1.165) is 46.1 Å². The first-order valence-corrected chi connectivity index (χ1v) is 13.5. The van der Waals surface area contributed by atoms with E-state index in [1.807, 2.05) is 12.1 Å². The maximum atomic E-state index is 11.9. The van der Waals surface area contributed by atoms with Crippen molar-refractivity contribution < 1.29 is 47.6 Å². The first-order chi connectivity index (χ1) is 19.6. The molecule has 0 amide bonds. The van der Waals surface area contributed by atoms with Crippen molar-refractivity contribution in [2.45, 2.75) is 104 Å². The molecule has 0 bridgehead atoms. The molecule has 0 N–H and O–H groups in total. The lowest BCUT2D eigenvalue weighted by Crippen LogP contribution is -2.62. The summed E-state index contributed by atoms with van der Waals surface area (Å²) in [4.78, 5) is 47.2. The summed E-state index contributed by atoms with van der Waals surface area (Å²) in [5.74, 6) is -2.73. The zero-order valence-corrected chi connectivity index (χ0v) is 23.8. The summed E-state index contributed by atoms with van der Waals surface area (Å²) >= 11 is 0. The van der Waals surface area contributed by atoms with Crippen LogP contribution in [0.15, 0.2) is 30.7 Å².